The Labute approximate surface area is 152 Å². The summed E-state index contributed by atoms with van der Waals surface area (Å²) in [5, 5.41) is 12.2. The van der Waals surface area contributed by atoms with E-state index in [2.05, 4.69) is 12.2 Å². The standard InChI is InChI=1S/C18H26N2O4S/c1-13(11-25-15-7-5-4-6-14(15)24-3)10-19-17(23)20-9-8-18(2,12-20)16(21)22/h4-7,13H,8-12H2,1-3H3,(H,19,23)(H,21,22). The van der Waals surface area contributed by atoms with Gasteiger partial charge < -0.3 is 20.1 Å². The molecule has 0 radical (unpaired) electrons. The highest BCUT2D eigenvalue weighted by Gasteiger charge is 2.42. The van der Waals surface area contributed by atoms with Crippen LogP contribution in [0.1, 0.15) is 20.3 Å². The van der Waals surface area contributed by atoms with Gasteiger partial charge in [-0.15, -0.1) is 11.8 Å². The van der Waals surface area contributed by atoms with E-state index in [4.69, 9.17) is 4.74 Å². The van der Waals surface area contributed by atoms with E-state index in [1.54, 1.807) is 30.7 Å². The van der Waals surface area contributed by atoms with Crippen LogP contribution in [0, 0.1) is 11.3 Å². The second-order valence-corrected chi connectivity index (χ2v) is 7.85. The maximum atomic E-state index is 12.2. The third kappa shape index (κ3) is 5.04. The summed E-state index contributed by atoms with van der Waals surface area (Å²) in [4.78, 5) is 26.2. The van der Waals surface area contributed by atoms with Crippen molar-refractivity contribution >= 4 is 23.8 Å². The quantitative estimate of drug-likeness (QED) is 0.726. The molecular formula is C18H26N2O4S. The van der Waals surface area contributed by atoms with Gasteiger partial charge in [-0.2, -0.15) is 0 Å². The van der Waals surface area contributed by atoms with E-state index in [1.165, 1.54) is 0 Å². The van der Waals surface area contributed by atoms with E-state index in [1.807, 2.05) is 24.3 Å². The van der Waals surface area contributed by atoms with Gasteiger partial charge in [0.05, 0.1) is 12.5 Å². The molecule has 1 aromatic carbocycles. The number of carbonyl (C=O) groups is 2. The van der Waals surface area contributed by atoms with Crippen molar-refractivity contribution in [3.05, 3.63) is 24.3 Å². The topological polar surface area (TPSA) is 78.9 Å². The largest absolute Gasteiger partial charge is 0.496 e. The molecule has 1 heterocycles. The molecule has 2 amide bonds. The molecule has 1 aliphatic rings. The number of carboxylic acids is 1. The number of carboxylic acid groups (broad SMARTS) is 1. The Kier molecular flexibility index (Phi) is 6.58. The zero-order chi connectivity index (χ0) is 18.4. The van der Waals surface area contributed by atoms with Crippen molar-refractivity contribution in [2.24, 2.45) is 11.3 Å². The predicted octanol–water partition coefficient (Wildman–Crippen LogP) is 2.93. The molecule has 2 unspecified atom stereocenters. The monoisotopic (exact) mass is 366 g/mol. The average molecular weight is 366 g/mol. The second kappa shape index (κ2) is 8.47. The van der Waals surface area contributed by atoms with Crippen LogP contribution in [-0.2, 0) is 4.79 Å². The zero-order valence-corrected chi connectivity index (χ0v) is 15.8. The molecule has 1 saturated heterocycles. The number of nitrogens with zero attached hydrogens (tertiary/aromatic N) is 1. The summed E-state index contributed by atoms with van der Waals surface area (Å²) in [5.74, 6) is 1.15. The van der Waals surface area contributed by atoms with Crippen LogP contribution in [0.2, 0.25) is 0 Å². The lowest BCUT2D eigenvalue weighted by atomic mass is 9.90. The van der Waals surface area contributed by atoms with Crippen molar-refractivity contribution in [2.75, 3.05) is 32.5 Å². The average Bonchev–Trinajstić information content (AvgIpc) is 3.02. The van der Waals surface area contributed by atoms with Crippen LogP contribution in [0.4, 0.5) is 4.79 Å². The van der Waals surface area contributed by atoms with Crippen molar-refractivity contribution in [3.8, 4) is 5.75 Å². The molecule has 138 valence electrons. The number of para-hydroxylation sites is 1. The van der Waals surface area contributed by atoms with Gasteiger partial charge in [-0.25, -0.2) is 4.79 Å². The summed E-state index contributed by atoms with van der Waals surface area (Å²) in [6, 6.07) is 7.68. The molecule has 0 aromatic heterocycles. The van der Waals surface area contributed by atoms with Crippen molar-refractivity contribution in [2.45, 2.75) is 25.2 Å². The predicted molar refractivity (Wildman–Crippen MR) is 98.2 cm³/mol. The number of hydrogen-bond acceptors (Lipinski definition) is 4. The van der Waals surface area contributed by atoms with Gasteiger partial charge in [-0.1, -0.05) is 19.1 Å². The maximum Gasteiger partial charge on any atom is 0.317 e. The lowest BCUT2D eigenvalue weighted by Gasteiger charge is -2.21. The second-order valence-electron chi connectivity index (χ2n) is 6.79. The highest BCUT2D eigenvalue weighted by atomic mass is 32.2. The molecule has 0 bridgehead atoms. The molecule has 2 atom stereocenters. The number of thioether (sulfide) groups is 1. The Morgan fingerprint density at radius 1 is 1.44 bits per heavy atom. The number of benzene rings is 1. The fraction of sp³-hybridized carbons (Fsp3) is 0.556. The fourth-order valence-electron chi connectivity index (χ4n) is 2.71. The van der Waals surface area contributed by atoms with E-state index in [-0.39, 0.29) is 18.5 Å². The first-order chi connectivity index (χ1) is 11.9. The van der Waals surface area contributed by atoms with E-state index < -0.39 is 11.4 Å². The smallest absolute Gasteiger partial charge is 0.317 e. The zero-order valence-electron chi connectivity index (χ0n) is 14.9. The van der Waals surface area contributed by atoms with Gasteiger partial charge in [0.25, 0.3) is 0 Å². The minimum absolute atomic E-state index is 0.181. The van der Waals surface area contributed by atoms with Gasteiger partial charge in [-0.3, -0.25) is 4.79 Å². The Morgan fingerprint density at radius 2 is 2.16 bits per heavy atom. The number of likely N-dealkylation sites (tertiary alicyclic amines) is 1. The Balaban J connectivity index is 1.76. The van der Waals surface area contributed by atoms with Crippen molar-refractivity contribution in [1.29, 1.82) is 0 Å². The summed E-state index contributed by atoms with van der Waals surface area (Å²) in [6.45, 7) is 5.07. The van der Waals surface area contributed by atoms with Crippen molar-refractivity contribution in [1.82, 2.24) is 10.2 Å². The van der Waals surface area contributed by atoms with Gasteiger partial charge in [0.1, 0.15) is 5.75 Å². The molecule has 0 aliphatic carbocycles. The Bertz CT molecular complexity index is 625. The van der Waals surface area contributed by atoms with Crippen LogP contribution in [-0.4, -0.2) is 54.5 Å². The molecule has 1 aliphatic heterocycles. The van der Waals surface area contributed by atoms with Crippen molar-refractivity contribution in [3.63, 3.8) is 0 Å². The van der Waals surface area contributed by atoms with Crippen LogP contribution < -0.4 is 10.1 Å². The molecule has 6 nitrogen and oxygen atoms in total. The molecule has 0 spiro atoms. The van der Waals surface area contributed by atoms with Crippen LogP contribution in [0.5, 0.6) is 5.75 Å². The van der Waals surface area contributed by atoms with Gasteiger partial charge >= 0.3 is 12.0 Å². The number of methoxy groups -OCH3 is 1. The fourth-order valence-corrected chi connectivity index (χ4v) is 3.76. The lowest BCUT2D eigenvalue weighted by molar-refractivity contribution is -0.147. The van der Waals surface area contributed by atoms with Crippen LogP contribution >= 0.6 is 11.8 Å². The van der Waals surface area contributed by atoms with Crippen LogP contribution in [0.3, 0.4) is 0 Å². The highest BCUT2D eigenvalue weighted by molar-refractivity contribution is 7.99. The Hall–Kier alpha value is -1.89. The summed E-state index contributed by atoms with van der Waals surface area (Å²) in [7, 11) is 1.66. The van der Waals surface area contributed by atoms with Crippen molar-refractivity contribution < 1.29 is 19.4 Å². The number of aliphatic carboxylic acids is 1. The van der Waals surface area contributed by atoms with E-state index in [0.717, 1.165) is 16.4 Å². The number of rotatable bonds is 7. The molecule has 1 fully saturated rings. The first-order valence-corrected chi connectivity index (χ1v) is 9.36. The SMILES string of the molecule is COc1ccccc1SCC(C)CNC(=O)N1CCC(C)(C(=O)O)C1. The number of carbonyl (C=O) groups excluding carboxylic acids is 1. The maximum absolute atomic E-state index is 12.2. The van der Waals surface area contributed by atoms with Gasteiger partial charge in [0, 0.05) is 30.3 Å². The number of hydrogen-bond donors (Lipinski definition) is 2. The van der Waals surface area contributed by atoms with Crippen LogP contribution in [0.25, 0.3) is 0 Å². The molecular weight excluding hydrogens is 340 g/mol. The lowest BCUT2D eigenvalue weighted by Crippen LogP contribution is -2.42. The van der Waals surface area contributed by atoms with E-state index in [9.17, 15) is 14.7 Å². The first kappa shape index (κ1) is 19.4. The third-order valence-corrected chi connectivity index (χ3v) is 5.86. The molecule has 0 saturated carbocycles. The first-order valence-electron chi connectivity index (χ1n) is 8.37. The summed E-state index contributed by atoms with van der Waals surface area (Å²) in [5.41, 5.74) is -0.831. The number of urea groups is 1. The molecule has 2 rings (SSSR count). The summed E-state index contributed by atoms with van der Waals surface area (Å²) >= 11 is 1.70. The van der Waals surface area contributed by atoms with Crippen LogP contribution in [0.15, 0.2) is 29.2 Å². The molecule has 7 heteroatoms. The third-order valence-electron chi connectivity index (χ3n) is 4.47. The molecule has 25 heavy (non-hydrogen) atoms. The summed E-state index contributed by atoms with van der Waals surface area (Å²) in [6.07, 6.45) is 0.495. The minimum atomic E-state index is -0.843. The Morgan fingerprint density at radius 3 is 2.80 bits per heavy atom. The normalized spacial score (nSPS) is 21.0. The van der Waals surface area contributed by atoms with Gasteiger partial charge in [0.2, 0.25) is 0 Å². The van der Waals surface area contributed by atoms with E-state index >= 15 is 0 Å². The number of nitrogens with one attached hydrogen (secondary N) is 1. The summed E-state index contributed by atoms with van der Waals surface area (Å²) < 4.78 is 5.34. The van der Waals surface area contributed by atoms with E-state index in [0.29, 0.717) is 19.5 Å². The minimum Gasteiger partial charge on any atom is -0.496 e. The van der Waals surface area contributed by atoms with Gasteiger partial charge in [0.15, 0.2) is 0 Å². The number of ether oxygens (including phenoxy) is 1. The van der Waals surface area contributed by atoms with Gasteiger partial charge in [-0.05, 0) is 31.4 Å². The number of amides is 2. The highest BCUT2D eigenvalue weighted by Crippen LogP contribution is 2.31. The molecule has 2 N–H and O–H groups in total. The molecule has 1 aromatic rings.